The number of rotatable bonds is 13. The van der Waals surface area contributed by atoms with Crippen LogP contribution in [0.3, 0.4) is 0 Å². The highest BCUT2D eigenvalue weighted by Gasteiger charge is 2.77. The maximum atomic E-state index is 14.5. The molecule has 0 saturated carbocycles. The number of anilines is 1. The second-order valence-corrected chi connectivity index (χ2v) is 12.6. The van der Waals surface area contributed by atoms with Gasteiger partial charge >= 0.3 is 0 Å². The summed E-state index contributed by atoms with van der Waals surface area (Å²) in [5, 5.41) is 10.5. The van der Waals surface area contributed by atoms with Crippen molar-refractivity contribution in [2.45, 2.75) is 68.6 Å². The van der Waals surface area contributed by atoms with Gasteiger partial charge in [-0.15, -0.1) is 13.2 Å². The van der Waals surface area contributed by atoms with Crippen molar-refractivity contribution in [3.05, 3.63) is 55.6 Å². The van der Waals surface area contributed by atoms with Crippen molar-refractivity contribution in [1.82, 2.24) is 9.80 Å². The molecule has 1 spiro atoms. The molecule has 9 heteroatoms. The molecule has 0 aliphatic carbocycles. The molecule has 1 aromatic rings. The van der Waals surface area contributed by atoms with E-state index in [-0.39, 0.29) is 41.6 Å². The Morgan fingerprint density at radius 1 is 1.20 bits per heavy atom. The van der Waals surface area contributed by atoms with E-state index in [4.69, 9.17) is 4.74 Å². The Bertz CT molecular complexity index is 1110. The minimum absolute atomic E-state index is 0.115. The van der Waals surface area contributed by atoms with E-state index in [1.54, 1.807) is 26.9 Å². The molecule has 4 rings (SSSR count). The second-order valence-electron chi connectivity index (χ2n) is 11.4. The van der Waals surface area contributed by atoms with Gasteiger partial charge in [-0.2, -0.15) is 0 Å². The van der Waals surface area contributed by atoms with E-state index in [0.717, 1.165) is 12.8 Å². The first-order valence-corrected chi connectivity index (χ1v) is 15.2. The molecule has 3 saturated heterocycles. The number of alkyl halides is 1. The minimum Gasteiger partial charge on any atom is -0.394 e. The van der Waals surface area contributed by atoms with Crippen molar-refractivity contribution in [1.29, 1.82) is 0 Å². The third-order valence-corrected chi connectivity index (χ3v) is 9.49. The summed E-state index contributed by atoms with van der Waals surface area (Å²) in [5.41, 5.74) is -0.477. The van der Waals surface area contributed by atoms with Gasteiger partial charge in [-0.3, -0.25) is 14.4 Å². The van der Waals surface area contributed by atoms with E-state index in [1.807, 2.05) is 44.2 Å². The lowest BCUT2D eigenvalue weighted by molar-refractivity contribution is -0.152. The number of hydrogen-bond donors (Lipinski definition) is 1. The summed E-state index contributed by atoms with van der Waals surface area (Å²) < 4.78 is 6.70. The van der Waals surface area contributed by atoms with Crippen molar-refractivity contribution in [2.75, 3.05) is 31.1 Å². The normalized spacial score (nSPS) is 29.4. The van der Waals surface area contributed by atoms with E-state index in [1.165, 1.54) is 0 Å². The molecular weight excluding hydrogens is 574 g/mol. The summed E-state index contributed by atoms with van der Waals surface area (Å²) >= 11 is 3.75. The number of likely N-dealkylation sites (tertiary alicyclic amines) is 1. The molecule has 218 valence electrons. The van der Waals surface area contributed by atoms with Gasteiger partial charge in [-0.25, -0.2) is 0 Å². The first kappa shape index (κ1) is 30.5. The number of nitrogens with zero attached hydrogens (tertiary/aromatic N) is 3. The van der Waals surface area contributed by atoms with Gasteiger partial charge < -0.3 is 24.5 Å². The van der Waals surface area contributed by atoms with Crippen LogP contribution in [0, 0.1) is 17.8 Å². The molecule has 3 aliphatic rings. The third kappa shape index (κ3) is 5.05. The van der Waals surface area contributed by atoms with Crippen molar-refractivity contribution < 1.29 is 24.2 Å². The van der Waals surface area contributed by atoms with Gasteiger partial charge in [0.2, 0.25) is 17.7 Å². The van der Waals surface area contributed by atoms with Crippen molar-refractivity contribution >= 4 is 39.3 Å². The number of carbonyl (C=O) groups excluding carboxylic acids is 3. The number of benzene rings is 1. The number of fused-ring (bicyclic) bond motifs is 1. The number of aliphatic hydroxyl groups excluding tert-OH is 1. The fourth-order valence-corrected chi connectivity index (χ4v) is 7.76. The van der Waals surface area contributed by atoms with Crippen LogP contribution in [0.4, 0.5) is 5.69 Å². The monoisotopic (exact) mass is 615 g/mol. The van der Waals surface area contributed by atoms with Crippen LogP contribution in [0.2, 0.25) is 0 Å². The molecule has 3 heterocycles. The summed E-state index contributed by atoms with van der Waals surface area (Å²) in [4.78, 5) is 47.9. The Balaban J connectivity index is 1.82. The summed E-state index contributed by atoms with van der Waals surface area (Å²) in [6, 6.07) is 7.77. The molecule has 3 amide bonds. The smallest absolute Gasteiger partial charge is 0.248 e. The van der Waals surface area contributed by atoms with E-state index in [2.05, 4.69) is 36.0 Å². The molecule has 0 aromatic heterocycles. The van der Waals surface area contributed by atoms with Crippen LogP contribution >= 0.6 is 15.9 Å². The highest BCUT2D eigenvalue weighted by molar-refractivity contribution is 9.09. The van der Waals surface area contributed by atoms with Crippen molar-refractivity contribution in [3.8, 4) is 0 Å². The average Bonchev–Trinajstić information content (AvgIpc) is 3.53. The van der Waals surface area contributed by atoms with Crippen molar-refractivity contribution in [2.24, 2.45) is 17.8 Å². The van der Waals surface area contributed by atoms with E-state index in [0.29, 0.717) is 25.2 Å². The molecule has 3 unspecified atom stereocenters. The molecule has 1 N–H and O–H groups in total. The quantitative estimate of drug-likeness (QED) is 0.269. The van der Waals surface area contributed by atoms with Crippen LogP contribution in [0.15, 0.2) is 55.6 Å². The van der Waals surface area contributed by atoms with Crippen LogP contribution in [0.25, 0.3) is 0 Å². The summed E-state index contributed by atoms with van der Waals surface area (Å²) in [7, 11) is 0. The number of para-hydroxylation sites is 1. The molecular formula is C31H42BrN3O5. The van der Waals surface area contributed by atoms with Gasteiger partial charge in [-0.1, -0.05) is 73.5 Å². The summed E-state index contributed by atoms with van der Waals surface area (Å²) in [6.07, 6.45) is 4.93. The van der Waals surface area contributed by atoms with Gasteiger partial charge in [-0.05, 0) is 30.9 Å². The van der Waals surface area contributed by atoms with Crippen LogP contribution in [0.1, 0.15) is 40.0 Å². The van der Waals surface area contributed by atoms with Crippen LogP contribution in [-0.2, 0) is 19.1 Å². The number of amides is 3. The fourth-order valence-electron chi connectivity index (χ4n) is 6.82. The maximum absolute atomic E-state index is 14.5. The Labute approximate surface area is 246 Å². The van der Waals surface area contributed by atoms with Gasteiger partial charge in [0, 0.05) is 30.1 Å². The van der Waals surface area contributed by atoms with Crippen molar-refractivity contribution in [3.63, 3.8) is 0 Å². The number of carbonyl (C=O) groups is 3. The zero-order chi connectivity index (χ0) is 29.2. The highest BCUT2D eigenvalue weighted by atomic mass is 79.9. The zero-order valence-corrected chi connectivity index (χ0v) is 25.3. The van der Waals surface area contributed by atoms with Gasteiger partial charge in [0.05, 0.1) is 30.6 Å². The molecule has 3 fully saturated rings. The predicted molar refractivity (Wildman–Crippen MR) is 159 cm³/mol. The Morgan fingerprint density at radius 2 is 1.88 bits per heavy atom. The largest absolute Gasteiger partial charge is 0.394 e. The first-order chi connectivity index (χ1) is 19.2. The zero-order valence-electron chi connectivity index (χ0n) is 23.7. The van der Waals surface area contributed by atoms with Gasteiger partial charge in [0.15, 0.2) is 0 Å². The van der Waals surface area contributed by atoms with E-state index in [9.17, 15) is 19.5 Å². The number of halogens is 1. The summed E-state index contributed by atoms with van der Waals surface area (Å²) in [5.74, 6) is -2.49. The minimum atomic E-state index is -1.18. The third-order valence-electron chi connectivity index (χ3n) is 8.65. The van der Waals surface area contributed by atoms with Crippen LogP contribution < -0.4 is 4.90 Å². The Morgan fingerprint density at radius 3 is 2.45 bits per heavy atom. The molecule has 7 atom stereocenters. The highest BCUT2D eigenvalue weighted by Crippen LogP contribution is 2.61. The molecule has 3 aliphatic heterocycles. The first-order valence-electron chi connectivity index (χ1n) is 14.3. The maximum Gasteiger partial charge on any atom is 0.248 e. The van der Waals surface area contributed by atoms with Gasteiger partial charge in [0.1, 0.15) is 11.6 Å². The number of hydrogen-bond acceptors (Lipinski definition) is 5. The lowest BCUT2D eigenvalue weighted by Crippen LogP contribution is -2.60. The predicted octanol–water partition coefficient (Wildman–Crippen LogP) is 3.79. The number of aliphatic hydroxyl groups is 1. The Kier molecular flexibility index (Phi) is 9.58. The lowest BCUT2D eigenvalue weighted by Gasteiger charge is -2.40. The molecule has 8 nitrogen and oxygen atoms in total. The van der Waals surface area contributed by atoms with E-state index < -0.39 is 35.6 Å². The van der Waals surface area contributed by atoms with E-state index >= 15 is 0 Å². The average molecular weight is 617 g/mol. The SMILES string of the molecule is C=CCN(CCCC)C(=O)C1N([C@@H](CO)C(C)C)C(=O)[C@@H]2[C@H](C(=O)N(CC=C)c3ccccc3)[C@H]3OC12CC3Br. The molecule has 2 bridgehead atoms. The molecule has 0 radical (unpaired) electrons. The van der Waals surface area contributed by atoms with Crippen LogP contribution in [0.5, 0.6) is 0 Å². The summed E-state index contributed by atoms with van der Waals surface area (Å²) in [6.45, 7) is 14.4. The lowest BCUT2D eigenvalue weighted by atomic mass is 9.70. The molecule has 40 heavy (non-hydrogen) atoms. The second kappa shape index (κ2) is 12.6. The standard InChI is InChI=1S/C31H42BrN3O5/c1-6-9-17-33(15-7-2)30(39)27-31-18-22(32)26(40-31)24(25(31)29(38)35(27)23(19-36)20(4)5)28(37)34(16-8-3)21-13-11-10-12-14-21/h7-8,10-14,20,22-27,36H,2-3,6,9,15-19H2,1,4-5H3/t22?,23-,24-,25-,26-,27?,31?/m0/s1. The van der Waals surface area contributed by atoms with Crippen LogP contribution in [-0.4, -0.2) is 87.5 Å². The number of unbranched alkanes of at least 4 members (excludes halogenated alkanes) is 1. The Hall–Kier alpha value is -2.49. The fraction of sp³-hybridized carbons (Fsp3) is 0.581. The van der Waals surface area contributed by atoms with Gasteiger partial charge in [0.25, 0.3) is 0 Å². The molecule has 1 aromatic carbocycles. The topological polar surface area (TPSA) is 90.4 Å². The number of ether oxygens (including phenoxy) is 1.